The van der Waals surface area contributed by atoms with Crippen LogP contribution in [0.15, 0.2) is 273 Å². The van der Waals surface area contributed by atoms with E-state index in [1.54, 1.807) is 0 Å². The standard InChI is InChI=1S/C65H45BN4/c1-6-18-46(19-7-1)50-24-16-29-56(41-50)69-61-30-17-31-62-65(61)66(60-35-33-57(45-64(60)69)68(54-25-12-4-13-26-54)55-27-14-5-15-28-55)59-34-32-51(47-20-8-2-9-21-47)44-63(59)70(62)58-42-52(48-22-10-3-11-23-48)40-53(43-58)49-36-38-67-39-37-49/h1-45H. The first-order chi connectivity index (χ1) is 34.7. The maximum Gasteiger partial charge on any atom is 0.252 e. The molecule has 4 nitrogen and oxygen atoms in total. The Kier molecular flexibility index (Phi) is 10.2. The summed E-state index contributed by atoms with van der Waals surface area (Å²) in [5.41, 5.74) is 23.1. The second-order valence-electron chi connectivity index (χ2n) is 18.0. The summed E-state index contributed by atoms with van der Waals surface area (Å²) in [4.78, 5) is 11.8. The van der Waals surface area contributed by atoms with E-state index in [9.17, 15) is 0 Å². The minimum absolute atomic E-state index is 0.0706. The van der Waals surface area contributed by atoms with Gasteiger partial charge in [0, 0.05) is 63.6 Å². The van der Waals surface area contributed by atoms with Crippen LogP contribution >= 0.6 is 0 Å². The van der Waals surface area contributed by atoms with E-state index in [0.717, 1.165) is 73.4 Å². The van der Waals surface area contributed by atoms with Crippen LogP contribution in [0.25, 0.3) is 44.5 Å². The topological polar surface area (TPSA) is 22.6 Å². The third-order valence-corrected chi connectivity index (χ3v) is 13.9. The van der Waals surface area contributed by atoms with Gasteiger partial charge in [0.1, 0.15) is 0 Å². The molecule has 0 bridgehead atoms. The fraction of sp³-hybridized carbons (Fsp3) is 0. The van der Waals surface area contributed by atoms with Crippen molar-refractivity contribution in [2.24, 2.45) is 0 Å². The van der Waals surface area contributed by atoms with Gasteiger partial charge in [0.15, 0.2) is 0 Å². The van der Waals surface area contributed by atoms with Gasteiger partial charge in [0.25, 0.3) is 6.71 Å². The molecule has 0 fully saturated rings. The van der Waals surface area contributed by atoms with Gasteiger partial charge in [-0.3, -0.25) is 4.98 Å². The number of anilines is 9. The molecule has 328 valence electrons. The van der Waals surface area contributed by atoms with Crippen LogP contribution in [0.4, 0.5) is 51.2 Å². The zero-order valence-corrected chi connectivity index (χ0v) is 38.3. The molecule has 1 aromatic heterocycles. The van der Waals surface area contributed by atoms with Crippen molar-refractivity contribution in [1.82, 2.24) is 4.98 Å². The average Bonchev–Trinajstić information content (AvgIpc) is 3.44. The summed E-state index contributed by atoms with van der Waals surface area (Å²) in [6.07, 6.45) is 3.77. The molecule has 0 atom stereocenters. The van der Waals surface area contributed by atoms with Crippen LogP contribution in [-0.2, 0) is 0 Å². The van der Waals surface area contributed by atoms with E-state index < -0.39 is 0 Å². The minimum Gasteiger partial charge on any atom is -0.311 e. The zero-order chi connectivity index (χ0) is 46.4. The van der Waals surface area contributed by atoms with Crippen molar-refractivity contribution in [1.29, 1.82) is 0 Å². The van der Waals surface area contributed by atoms with E-state index in [-0.39, 0.29) is 6.71 Å². The highest BCUT2D eigenvalue weighted by Gasteiger charge is 2.43. The number of rotatable bonds is 9. The Labute approximate surface area is 409 Å². The van der Waals surface area contributed by atoms with E-state index in [0.29, 0.717) is 0 Å². The quantitative estimate of drug-likeness (QED) is 0.135. The first-order valence-corrected chi connectivity index (χ1v) is 24.0. The maximum atomic E-state index is 4.40. The molecular formula is C65H45BN4. The monoisotopic (exact) mass is 892 g/mol. The molecule has 3 heterocycles. The van der Waals surface area contributed by atoms with E-state index in [2.05, 4.69) is 281 Å². The van der Waals surface area contributed by atoms with Gasteiger partial charge in [-0.05, 0) is 158 Å². The molecule has 0 saturated carbocycles. The number of benzene rings is 10. The van der Waals surface area contributed by atoms with Crippen molar-refractivity contribution < 1.29 is 0 Å². The van der Waals surface area contributed by atoms with E-state index in [1.165, 1.54) is 38.6 Å². The van der Waals surface area contributed by atoms with Gasteiger partial charge in [-0.15, -0.1) is 0 Å². The highest BCUT2D eigenvalue weighted by atomic mass is 15.2. The number of aromatic nitrogens is 1. The Morgan fingerprint density at radius 3 is 1.31 bits per heavy atom. The second kappa shape index (κ2) is 17.5. The normalized spacial score (nSPS) is 12.2. The number of fused-ring (bicyclic) bond motifs is 4. The van der Waals surface area contributed by atoms with Gasteiger partial charge in [-0.1, -0.05) is 164 Å². The predicted molar refractivity (Wildman–Crippen MR) is 295 cm³/mol. The molecule has 70 heavy (non-hydrogen) atoms. The summed E-state index contributed by atoms with van der Waals surface area (Å²) < 4.78 is 0. The Balaban J connectivity index is 1.09. The van der Waals surface area contributed by atoms with Crippen molar-refractivity contribution in [3.63, 3.8) is 0 Å². The first kappa shape index (κ1) is 41.0. The van der Waals surface area contributed by atoms with E-state index in [4.69, 9.17) is 0 Å². The summed E-state index contributed by atoms with van der Waals surface area (Å²) in [7, 11) is 0. The van der Waals surface area contributed by atoms with Crippen LogP contribution in [0.3, 0.4) is 0 Å². The van der Waals surface area contributed by atoms with Crippen LogP contribution in [0.1, 0.15) is 0 Å². The third kappa shape index (κ3) is 7.24. The Morgan fingerprint density at radius 2 is 0.729 bits per heavy atom. The Hall–Kier alpha value is -9.19. The molecule has 0 aliphatic carbocycles. The van der Waals surface area contributed by atoms with Gasteiger partial charge in [-0.25, -0.2) is 0 Å². The van der Waals surface area contributed by atoms with Crippen molar-refractivity contribution >= 4 is 74.3 Å². The van der Waals surface area contributed by atoms with Crippen LogP contribution in [0, 0.1) is 0 Å². The lowest BCUT2D eigenvalue weighted by atomic mass is 9.33. The second-order valence-corrected chi connectivity index (χ2v) is 18.0. The van der Waals surface area contributed by atoms with Gasteiger partial charge in [0.2, 0.25) is 0 Å². The molecule has 0 spiro atoms. The number of hydrogen-bond donors (Lipinski definition) is 0. The first-order valence-electron chi connectivity index (χ1n) is 24.0. The third-order valence-electron chi connectivity index (χ3n) is 13.9. The van der Waals surface area contributed by atoms with Crippen molar-refractivity contribution in [2.75, 3.05) is 14.7 Å². The Bertz CT molecular complexity index is 3570. The smallest absolute Gasteiger partial charge is 0.252 e. The highest BCUT2D eigenvalue weighted by molar-refractivity contribution is 7.00. The van der Waals surface area contributed by atoms with Crippen LogP contribution < -0.4 is 31.1 Å². The molecule has 10 aromatic carbocycles. The van der Waals surface area contributed by atoms with Crippen LogP contribution in [0.2, 0.25) is 0 Å². The fourth-order valence-electron chi connectivity index (χ4n) is 10.7. The lowest BCUT2D eigenvalue weighted by Gasteiger charge is -2.44. The molecule has 0 radical (unpaired) electrons. The predicted octanol–water partition coefficient (Wildman–Crippen LogP) is 15.3. The Morgan fingerprint density at radius 1 is 0.286 bits per heavy atom. The molecule has 2 aliphatic heterocycles. The molecule has 2 aliphatic rings. The maximum absolute atomic E-state index is 4.40. The number of pyridine rings is 1. The molecular weight excluding hydrogens is 848 g/mol. The minimum atomic E-state index is -0.0706. The van der Waals surface area contributed by atoms with Gasteiger partial charge in [0.05, 0.1) is 0 Å². The fourth-order valence-corrected chi connectivity index (χ4v) is 10.7. The SMILES string of the molecule is c1ccc(-c2cccc(N3c4cc(N(c5ccccc5)c5ccccc5)ccc4B4c5ccc(-c6ccccc6)cc5N(c5cc(-c6ccccc6)cc(-c6ccncc6)c5)c5cccc3c54)c2)cc1. The lowest BCUT2D eigenvalue weighted by molar-refractivity contribution is 1.24. The van der Waals surface area contributed by atoms with E-state index >= 15 is 0 Å². The van der Waals surface area contributed by atoms with E-state index in [1.807, 2.05) is 12.4 Å². The molecule has 0 saturated heterocycles. The molecule has 0 N–H and O–H groups in total. The number of nitrogens with zero attached hydrogens (tertiary/aromatic N) is 4. The summed E-state index contributed by atoms with van der Waals surface area (Å²) in [6, 6.07) is 95.1. The number of hydrogen-bond acceptors (Lipinski definition) is 4. The zero-order valence-electron chi connectivity index (χ0n) is 38.3. The van der Waals surface area contributed by atoms with Crippen molar-refractivity contribution in [3.05, 3.63) is 273 Å². The summed E-state index contributed by atoms with van der Waals surface area (Å²) in [5, 5.41) is 0. The highest BCUT2D eigenvalue weighted by Crippen LogP contribution is 2.48. The van der Waals surface area contributed by atoms with Gasteiger partial charge < -0.3 is 14.7 Å². The number of para-hydroxylation sites is 2. The molecule has 0 unspecified atom stereocenters. The average molecular weight is 893 g/mol. The molecule has 11 aromatic rings. The molecule has 13 rings (SSSR count). The van der Waals surface area contributed by atoms with Crippen molar-refractivity contribution in [2.45, 2.75) is 0 Å². The van der Waals surface area contributed by atoms with Gasteiger partial charge >= 0.3 is 0 Å². The summed E-state index contributed by atoms with van der Waals surface area (Å²) >= 11 is 0. The van der Waals surface area contributed by atoms with Gasteiger partial charge in [-0.2, -0.15) is 0 Å². The van der Waals surface area contributed by atoms with Crippen molar-refractivity contribution in [3.8, 4) is 44.5 Å². The molecule has 5 heteroatoms. The summed E-state index contributed by atoms with van der Waals surface area (Å²) in [5.74, 6) is 0. The molecule has 0 amide bonds. The summed E-state index contributed by atoms with van der Waals surface area (Å²) in [6.45, 7) is -0.0706. The van der Waals surface area contributed by atoms with Crippen LogP contribution in [-0.4, -0.2) is 11.7 Å². The van der Waals surface area contributed by atoms with Crippen LogP contribution in [0.5, 0.6) is 0 Å². The lowest BCUT2D eigenvalue weighted by Crippen LogP contribution is -2.61. The largest absolute Gasteiger partial charge is 0.311 e.